The molecule has 7 heteroatoms. The lowest BCUT2D eigenvalue weighted by Gasteiger charge is -2.36. The summed E-state index contributed by atoms with van der Waals surface area (Å²) in [7, 11) is 0. The van der Waals surface area contributed by atoms with Crippen LogP contribution in [-0.4, -0.2) is 66.4 Å². The molecule has 0 bridgehead atoms. The maximum Gasteiger partial charge on any atom is 0.162 e. The van der Waals surface area contributed by atoms with Crippen molar-refractivity contribution in [1.82, 2.24) is 14.8 Å². The molecule has 0 radical (unpaired) electrons. The highest BCUT2D eigenvalue weighted by molar-refractivity contribution is 7.07. The summed E-state index contributed by atoms with van der Waals surface area (Å²) in [5.41, 5.74) is 6.65. The molecular formula is C36H43N5OS. The Labute approximate surface area is 259 Å². The molecule has 6 rings (SSSR count). The Morgan fingerprint density at radius 3 is 2.51 bits per heavy atom. The molecule has 0 unspecified atom stereocenters. The van der Waals surface area contributed by atoms with E-state index in [0.29, 0.717) is 12.3 Å². The number of ketones is 1. The van der Waals surface area contributed by atoms with Gasteiger partial charge in [0, 0.05) is 67.5 Å². The van der Waals surface area contributed by atoms with Crippen LogP contribution in [0.3, 0.4) is 0 Å². The van der Waals surface area contributed by atoms with Gasteiger partial charge in [0.15, 0.2) is 5.78 Å². The number of nitrogens with zero attached hydrogens (tertiary/aromatic N) is 4. The molecule has 2 aromatic carbocycles. The van der Waals surface area contributed by atoms with Crippen molar-refractivity contribution in [1.29, 1.82) is 5.26 Å². The number of carbonyl (C=O) groups is 1. The van der Waals surface area contributed by atoms with Crippen LogP contribution in [0.4, 0.5) is 5.69 Å². The molecule has 43 heavy (non-hydrogen) atoms. The molecule has 4 heterocycles. The Morgan fingerprint density at radius 1 is 0.953 bits per heavy atom. The van der Waals surface area contributed by atoms with Crippen molar-refractivity contribution in [3.63, 3.8) is 0 Å². The first kappa shape index (κ1) is 29.6. The Hall–Kier alpha value is -3.44. The summed E-state index contributed by atoms with van der Waals surface area (Å²) in [5.74, 6) is 0.958. The molecule has 1 N–H and O–H groups in total. The summed E-state index contributed by atoms with van der Waals surface area (Å²) >= 11 is 1.77. The lowest BCUT2D eigenvalue weighted by molar-refractivity contribution is 0.0961. The standard InChI is InChI=1S/C36H43N5OS/c37-24-29-4-10-35-34(23-29)32(25-38-35)3-1-2-15-39-18-20-41(21-19-39)33-8-6-31(7-9-33)36(42)11-5-28-12-16-40(17-13-28)26-30-14-22-43-27-30/h4,6-10,14,22-23,25,27-28,38H,1-3,5,11-13,15-21,26H2. The number of likely N-dealkylation sites (tertiary alicyclic amines) is 1. The number of thiophene rings is 1. The van der Waals surface area contributed by atoms with E-state index in [1.165, 1.54) is 41.5 Å². The van der Waals surface area contributed by atoms with E-state index in [0.717, 1.165) is 88.3 Å². The van der Waals surface area contributed by atoms with E-state index >= 15 is 0 Å². The number of piperazine rings is 1. The van der Waals surface area contributed by atoms with Gasteiger partial charge >= 0.3 is 0 Å². The second-order valence-corrected chi connectivity index (χ2v) is 13.1. The number of rotatable bonds is 12. The number of aryl methyl sites for hydroxylation is 1. The van der Waals surface area contributed by atoms with Gasteiger partial charge in [0.25, 0.3) is 0 Å². The second-order valence-electron chi connectivity index (χ2n) is 12.3. The lowest BCUT2D eigenvalue weighted by atomic mass is 9.90. The SMILES string of the molecule is N#Cc1ccc2[nH]cc(CCCCN3CCN(c4ccc(C(=O)CCC5CCN(Cc6ccsc6)CC5)cc4)CC3)c2c1. The van der Waals surface area contributed by atoms with Crippen LogP contribution in [0.2, 0.25) is 0 Å². The number of nitrogens with one attached hydrogen (secondary N) is 1. The highest BCUT2D eigenvalue weighted by atomic mass is 32.1. The zero-order valence-corrected chi connectivity index (χ0v) is 26.0. The van der Waals surface area contributed by atoms with Gasteiger partial charge in [-0.15, -0.1) is 0 Å². The quantitative estimate of drug-likeness (QED) is 0.140. The highest BCUT2D eigenvalue weighted by Gasteiger charge is 2.21. The Morgan fingerprint density at radius 2 is 1.77 bits per heavy atom. The molecule has 224 valence electrons. The van der Waals surface area contributed by atoms with E-state index in [1.807, 2.05) is 30.3 Å². The fourth-order valence-electron chi connectivity index (χ4n) is 6.75. The molecule has 2 aliphatic heterocycles. The first-order chi connectivity index (χ1) is 21.1. The third-order valence-electron chi connectivity index (χ3n) is 9.47. The molecule has 2 aromatic heterocycles. The second kappa shape index (κ2) is 14.4. The smallest absolute Gasteiger partial charge is 0.162 e. The molecule has 2 aliphatic rings. The number of hydrogen-bond donors (Lipinski definition) is 1. The fourth-order valence-corrected chi connectivity index (χ4v) is 7.41. The van der Waals surface area contributed by atoms with Crippen LogP contribution in [0, 0.1) is 17.2 Å². The number of benzene rings is 2. The molecule has 0 spiro atoms. The minimum atomic E-state index is 0.287. The number of hydrogen-bond acceptors (Lipinski definition) is 6. The van der Waals surface area contributed by atoms with Gasteiger partial charge in [0.2, 0.25) is 0 Å². The van der Waals surface area contributed by atoms with Gasteiger partial charge in [-0.05, 0) is 134 Å². The average molecular weight is 594 g/mol. The van der Waals surface area contributed by atoms with Crippen LogP contribution in [0.5, 0.6) is 0 Å². The first-order valence-electron chi connectivity index (χ1n) is 16.0. The van der Waals surface area contributed by atoms with Crippen LogP contribution in [0.15, 0.2) is 65.5 Å². The number of Topliss-reactive ketones (excluding diaryl/α,β-unsaturated/α-hetero) is 1. The van der Waals surface area contributed by atoms with Crippen molar-refractivity contribution in [3.05, 3.63) is 87.7 Å². The zero-order chi connectivity index (χ0) is 29.4. The number of aromatic amines is 1. The number of nitriles is 1. The number of carbonyl (C=O) groups excluding carboxylic acids is 1. The van der Waals surface area contributed by atoms with E-state index in [1.54, 1.807) is 11.3 Å². The number of unbranched alkanes of at least 4 members (excludes halogenated alkanes) is 1. The molecule has 4 aromatic rings. The van der Waals surface area contributed by atoms with Gasteiger partial charge in [0.05, 0.1) is 11.6 Å². The van der Waals surface area contributed by atoms with Crippen molar-refractivity contribution < 1.29 is 4.79 Å². The van der Waals surface area contributed by atoms with Gasteiger partial charge in [-0.25, -0.2) is 0 Å². The molecular weight excluding hydrogens is 550 g/mol. The van der Waals surface area contributed by atoms with Crippen molar-refractivity contribution >= 4 is 33.7 Å². The molecule has 2 saturated heterocycles. The molecule has 0 atom stereocenters. The molecule has 0 saturated carbocycles. The summed E-state index contributed by atoms with van der Waals surface area (Å²) in [6, 6.07) is 18.7. The van der Waals surface area contributed by atoms with Crippen LogP contribution in [-0.2, 0) is 13.0 Å². The summed E-state index contributed by atoms with van der Waals surface area (Å²) in [6.07, 6.45) is 9.54. The predicted octanol–water partition coefficient (Wildman–Crippen LogP) is 7.12. The van der Waals surface area contributed by atoms with Crippen LogP contribution >= 0.6 is 11.3 Å². The van der Waals surface area contributed by atoms with Gasteiger partial charge in [-0.2, -0.15) is 16.6 Å². The Balaban J connectivity index is 0.876. The maximum absolute atomic E-state index is 12.9. The third-order valence-corrected chi connectivity index (χ3v) is 10.2. The van der Waals surface area contributed by atoms with Gasteiger partial charge in [-0.1, -0.05) is 0 Å². The van der Waals surface area contributed by atoms with Crippen molar-refractivity contribution in [2.45, 2.75) is 51.5 Å². The topological polar surface area (TPSA) is 66.4 Å². The number of aromatic nitrogens is 1. The maximum atomic E-state index is 12.9. The monoisotopic (exact) mass is 593 g/mol. The largest absolute Gasteiger partial charge is 0.369 e. The van der Waals surface area contributed by atoms with E-state index in [2.05, 4.69) is 60.9 Å². The number of fused-ring (bicyclic) bond motifs is 1. The normalized spacial score (nSPS) is 17.0. The number of piperidine rings is 1. The minimum Gasteiger partial charge on any atom is -0.369 e. The van der Waals surface area contributed by atoms with Crippen molar-refractivity contribution in [3.8, 4) is 6.07 Å². The fraction of sp³-hybridized carbons (Fsp3) is 0.444. The van der Waals surface area contributed by atoms with Gasteiger partial charge in [-0.3, -0.25) is 14.6 Å². The van der Waals surface area contributed by atoms with E-state index in [4.69, 9.17) is 0 Å². The summed E-state index contributed by atoms with van der Waals surface area (Å²) < 4.78 is 0. The van der Waals surface area contributed by atoms with Crippen LogP contribution in [0.25, 0.3) is 10.9 Å². The summed E-state index contributed by atoms with van der Waals surface area (Å²) in [4.78, 5) is 23.9. The highest BCUT2D eigenvalue weighted by Crippen LogP contribution is 2.26. The first-order valence-corrected chi connectivity index (χ1v) is 16.9. The van der Waals surface area contributed by atoms with Crippen LogP contribution in [0.1, 0.15) is 65.6 Å². The number of H-pyrrole nitrogens is 1. The predicted molar refractivity (Wildman–Crippen MR) is 177 cm³/mol. The minimum absolute atomic E-state index is 0.287. The summed E-state index contributed by atoms with van der Waals surface area (Å²) in [5, 5.41) is 14.8. The Kier molecular flexibility index (Phi) is 9.89. The van der Waals surface area contributed by atoms with E-state index in [-0.39, 0.29) is 5.78 Å². The molecule has 2 fully saturated rings. The summed E-state index contributed by atoms with van der Waals surface area (Å²) in [6.45, 7) is 8.68. The van der Waals surface area contributed by atoms with Crippen LogP contribution < -0.4 is 4.90 Å². The van der Waals surface area contributed by atoms with E-state index < -0.39 is 0 Å². The van der Waals surface area contributed by atoms with Crippen molar-refractivity contribution in [2.75, 3.05) is 50.7 Å². The average Bonchev–Trinajstić information content (AvgIpc) is 3.72. The van der Waals surface area contributed by atoms with Gasteiger partial charge < -0.3 is 9.88 Å². The number of anilines is 1. The lowest BCUT2D eigenvalue weighted by Crippen LogP contribution is -2.46. The molecule has 6 nitrogen and oxygen atoms in total. The third kappa shape index (κ3) is 7.75. The van der Waals surface area contributed by atoms with Gasteiger partial charge in [0.1, 0.15) is 0 Å². The van der Waals surface area contributed by atoms with Crippen molar-refractivity contribution in [2.24, 2.45) is 5.92 Å². The molecule has 0 amide bonds. The zero-order valence-electron chi connectivity index (χ0n) is 25.1. The Bertz CT molecular complexity index is 1500. The van der Waals surface area contributed by atoms with E-state index in [9.17, 15) is 10.1 Å². The molecule has 0 aliphatic carbocycles.